The number of aromatic nitrogens is 5. The number of thiophene rings is 1. The molecule has 0 fully saturated rings. The number of furan rings is 1. The number of anilines is 1. The summed E-state index contributed by atoms with van der Waals surface area (Å²) < 4.78 is 5.26. The largest absolute Gasteiger partial charge is 0.461 e. The molecular weight excluding hydrogens is 288 g/mol. The van der Waals surface area contributed by atoms with E-state index in [9.17, 15) is 0 Å². The molecule has 0 radical (unpaired) electrons. The fourth-order valence-electron chi connectivity index (χ4n) is 1.99. The quantitative estimate of drug-likeness (QED) is 0.601. The van der Waals surface area contributed by atoms with Gasteiger partial charge in [0.05, 0.1) is 18.2 Å². The molecule has 0 spiro atoms. The summed E-state index contributed by atoms with van der Waals surface area (Å²) in [5, 5.41) is 13.2. The second-order valence-corrected chi connectivity index (χ2v) is 5.19. The predicted octanol–water partition coefficient (Wildman–Crippen LogP) is 2.68. The highest BCUT2D eigenvalue weighted by Gasteiger charge is 2.09. The molecule has 0 atom stereocenters. The van der Waals surface area contributed by atoms with Crippen molar-refractivity contribution in [1.29, 1.82) is 0 Å². The SMILES string of the molecule is c1coc(-c2n[nH]c(CNc3ncnc4sccc34)n2)c1. The van der Waals surface area contributed by atoms with E-state index in [2.05, 4.69) is 30.5 Å². The van der Waals surface area contributed by atoms with Crippen molar-refractivity contribution in [3.63, 3.8) is 0 Å². The van der Waals surface area contributed by atoms with Gasteiger partial charge in [0.2, 0.25) is 5.82 Å². The standard InChI is InChI=1S/C13H10N6OS/c1-2-9(20-4-1)12-17-10(18-19-12)6-14-11-8-3-5-21-13(8)16-7-15-11/h1-5,7H,6H2,(H,14,15,16)(H,17,18,19). The first-order valence-corrected chi connectivity index (χ1v) is 7.15. The second kappa shape index (κ2) is 4.98. The minimum absolute atomic E-state index is 0.496. The summed E-state index contributed by atoms with van der Waals surface area (Å²) in [7, 11) is 0. The Morgan fingerprint density at radius 3 is 3.19 bits per heavy atom. The molecule has 0 saturated carbocycles. The van der Waals surface area contributed by atoms with Gasteiger partial charge in [0.25, 0.3) is 0 Å². The first-order chi connectivity index (χ1) is 10.4. The molecule has 104 valence electrons. The zero-order chi connectivity index (χ0) is 14.1. The van der Waals surface area contributed by atoms with Crippen molar-refractivity contribution in [2.45, 2.75) is 6.54 Å². The third-order valence-electron chi connectivity index (χ3n) is 2.96. The topological polar surface area (TPSA) is 92.5 Å². The molecule has 0 aliphatic heterocycles. The van der Waals surface area contributed by atoms with Crippen LogP contribution in [0.5, 0.6) is 0 Å². The summed E-state index contributed by atoms with van der Waals surface area (Å²) in [5.41, 5.74) is 0. The van der Waals surface area contributed by atoms with Crippen molar-refractivity contribution in [3.8, 4) is 11.6 Å². The summed E-state index contributed by atoms with van der Waals surface area (Å²) in [4.78, 5) is 13.8. The van der Waals surface area contributed by atoms with Crippen molar-refractivity contribution in [2.75, 3.05) is 5.32 Å². The van der Waals surface area contributed by atoms with Gasteiger partial charge < -0.3 is 9.73 Å². The van der Waals surface area contributed by atoms with Gasteiger partial charge in [0.15, 0.2) is 5.76 Å². The number of hydrogen-bond donors (Lipinski definition) is 2. The Balaban J connectivity index is 1.53. The van der Waals surface area contributed by atoms with Gasteiger partial charge in [0.1, 0.15) is 22.8 Å². The van der Waals surface area contributed by atoms with Crippen molar-refractivity contribution in [1.82, 2.24) is 25.1 Å². The Bertz CT molecular complexity index is 866. The van der Waals surface area contributed by atoms with E-state index in [4.69, 9.17) is 4.42 Å². The van der Waals surface area contributed by atoms with E-state index < -0.39 is 0 Å². The normalized spacial score (nSPS) is 11.0. The summed E-state index contributed by atoms with van der Waals surface area (Å²) in [6.07, 6.45) is 3.15. The molecule has 0 amide bonds. The number of hydrogen-bond acceptors (Lipinski definition) is 7. The highest BCUT2D eigenvalue weighted by atomic mass is 32.1. The molecule has 4 aromatic heterocycles. The van der Waals surface area contributed by atoms with Crippen LogP contribution in [0.1, 0.15) is 5.82 Å². The smallest absolute Gasteiger partial charge is 0.216 e. The minimum atomic E-state index is 0.496. The van der Waals surface area contributed by atoms with Crippen LogP contribution in [-0.4, -0.2) is 25.1 Å². The van der Waals surface area contributed by atoms with Crippen LogP contribution in [0.3, 0.4) is 0 Å². The molecule has 4 heterocycles. The van der Waals surface area contributed by atoms with Crippen LogP contribution in [0.15, 0.2) is 40.6 Å². The average molecular weight is 298 g/mol. The molecule has 0 aromatic carbocycles. The summed E-state index contributed by atoms with van der Waals surface area (Å²) in [6.45, 7) is 0.496. The highest BCUT2D eigenvalue weighted by Crippen LogP contribution is 2.24. The third kappa shape index (κ3) is 2.25. The van der Waals surface area contributed by atoms with Crippen LogP contribution in [0, 0.1) is 0 Å². The van der Waals surface area contributed by atoms with Crippen molar-refractivity contribution in [2.24, 2.45) is 0 Å². The first kappa shape index (κ1) is 12.0. The summed E-state index contributed by atoms with van der Waals surface area (Å²) in [6, 6.07) is 5.62. The van der Waals surface area contributed by atoms with E-state index >= 15 is 0 Å². The first-order valence-electron chi connectivity index (χ1n) is 6.27. The number of aromatic amines is 1. The van der Waals surface area contributed by atoms with Gasteiger partial charge in [-0.05, 0) is 23.6 Å². The van der Waals surface area contributed by atoms with E-state index in [1.165, 1.54) is 0 Å². The van der Waals surface area contributed by atoms with Crippen LogP contribution in [0.25, 0.3) is 21.8 Å². The Kier molecular flexibility index (Phi) is 2.86. The van der Waals surface area contributed by atoms with Crippen molar-refractivity contribution >= 4 is 27.4 Å². The van der Waals surface area contributed by atoms with E-state index in [0.29, 0.717) is 24.0 Å². The molecule has 0 unspecified atom stereocenters. The van der Waals surface area contributed by atoms with E-state index in [1.54, 1.807) is 30.0 Å². The molecule has 4 rings (SSSR count). The lowest BCUT2D eigenvalue weighted by atomic mass is 10.4. The predicted molar refractivity (Wildman–Crippen MR) is 78.8 cm³/mol. The van der Waals surface area contributed by atoms with Crippen LogP contribution >= 0.6 is 11.3 Å². The molecule has 21 heavy (non-hydrogen) atoms. The van der Waals surface area contributed by atoms with Crippen LogP contribution in [0.4, 0.5) is 5.82 Å². The summed E-state index contributed by atoms with van der Waals surface area (Å²) in [5.74, 6) is 2.68. The van der Waals surface area contributed by atoms with Gasteiger partial charge in [-0.25, -0.2) is 15.0 Å². The molecule has 4 aromatic rings. The Morgan fingerprint density at radius 2 is 2.29 bits per heavy atom. The molecule has 8 heteroatoms. The van der Waals surface area contributed by atoms with Gasteiger partial charge >= 0.3 is 0 Å². The molecule has 0 aliphatic carbocycles. The lowest BCUT2D eigenvalue weighted by molar-refractivity contribution is 0.577. The maximum Gasteiger partial charge on any atom is 0.216 e. The van der Waals surface area contributed by atoms with Crippen LogP contribution < -0.4 is 5.32 Å². The van der Waals surface area contributed by atoms with Gasteiger partial charge in [-0.1, -0.05) is 0 Å². The molecule has 0 aliphatic rings. The zero-order valence-corrected chi connectivity index (χ0v) is 11.6. The Hall–Kier alpha value is -2.74. The number of nitrogens with one attached hydrogen (secondary N) is 2. The minimum Gasteiger partial charge on any atom is -0.461 e. The lowest BCUT2D eigenvalue weighted by Gasteiger charge is -2.03. The lowest BCUT2D eigenvalue weighted by Crippen LogP contribution is -2.03. The van der Waals surface area contributed by atoms with Gasteiger partial charge in [-0.15, -0.1) is 16.4 Å². The number of nitrogens with zero attached hydrogens (tertiary/aromatic N) is 4. The number of H-pyrrole nitrogens is 1. The maximum atomic E-state index is 5.26. The van der Waals surface area contributed by atoms with Crippen molar-refractivity contribution < 1.29 is 4.42 Å². The van der Waals surface area contributed by atoms with Crippen molar-refractivity contribution in [3.05, 3.63) is 42.0 Å². The van der Waals surface area contributed by atoms with Gasteiger partial charge in [0, 0.05) is 0 Å². The van der Waals surface area contributed by atoms with Crippen LogP contribution in [-0.2, 0) is 6.54 Å². The van der Waals surface area contributed by atoms with E-state index in [-0.39, 0.29) is 0 Å². The van der Waals surface area contributed by atoms with E-state index in [0.717, 1.165) is 16.0 Å². The molecule has 2 N–H and O–H groups in total. The Labute approximate surface area is 123 Å². The fourth-order valence-corrected chi connectivity index (χ4v) is 2.72. The monoisotopic (exact) mass is 298 g/mol. The summed E-state index contributed by atoms with van der Waals surface area (Å²) >= 11 is 1.59. The van der Waals surface area contributed by atoms with Gasteiger partial charge in [-0.2, -0.15) is 0 Å². The number of rotatable bonds is 4. The molecule has 0 saturated heterocycles. The Morgan fingerprint density at radius 1 is 1.29 bits per heavy atom. The molecule has 0 bridgehead atoms. The van der Waals surface area contributed by atoms with E-state index in [1.807, 2.05) is 17.5 Å². The highest BCUT2D eigenvalue weighted by molar-refractivity contribution is 7.16. The average Bonchev–Trinajstić information content (AvgIpc) is 3.23. The third-order valence-corrected chi connectivity index (χ3v) is 3.78. The van der Waals surface area contributed by atoms with Gasteiger partial charge in [-0.3, -0.25) is 5.10 Å². The zero-order valence-electron chi connectivity index (χ0n) is 10.8. The maximum absolute atomic E-state index is 5.26. The second-order valence-electron chi connectivity index (χ2n) is 4.30. The number of fused-ring (bicyclic) bond motifs is 1. The fraction of sp³-hybridized carbons (Fsp3) is 0.0769. The molecular formula is C13H10N6OS. The molecule has 7 nitrogen and oxygen atoms in total. The van der Waals surface area contributed by atoms with Crippen LogP contribution in [0.2, 0.25) is 0 Å².